The van der Waals surface area contributed by atoms with E-state index >= 15 is 0 Å². The third-order valence-electron chi connectivity index (χ3n) is 5.68. The summed E-state index contributed by atoms with van der Waals surface area (Å²) in [5.41, 5.74) is 11.0. The molecule has 0 saturated carbocycles. The van der Waals surface area contributed by atoms with E-state index in [9.17, 15) is 4.79 Å². The van der Waals surface area contributed by atoms with Gasteiger partial charge in [0.1, 0.15) is 6.23 Å². The molecule has 5 nitrogen and oxygen atoms in total. The fraction of sp³-hybridized carbons (Fsp3) is 0.435. The summed E-state index contributed by atoms with van der Waals surface area (Å²) in [5.74, 6) is -0.353. The van der Waals surface area contributed by atoms with E-state index < -0.39 is 0 Å². The van der Waals surface area contributed by atoms with Gasteiger partial charge in [0, 0.05) is 31.5 Å². The van der Waals surface area contributed by atoms with Crippen LogP contribution >= 0.6 is 0 Å². The molecule has 1 aliphatic heterocycles. The van der Waals surface area contributed by atoms with Crippen LogP contribution in [0.2, 0.25) is 0 Å². The zero-order valence-electron chi connectivity index (χ0n) is 17.1. The maximum absolute atomic E-state index is 11.9. The van der Waals surface area contributed by atoms with Gasteiger partial charge in [-0.2, -0.15) is 0 Å². The number of carbonyl (C=O) groups excluding carboxylic acids is 1. The molecule has 1 fully saturated rings. The second-order valence-electron chi connectivity index (χ2n) is 7.22. The second-order valence-corrected chi connectivity index (χ2v) is 7.22. The zero-order chi connectivity index (χ0) is 20.1. The third kappa shape index (κ3) is 4.05. The lowest BCUT2D eigenvalue weighted by Gasteiger charge is -2.44. The van der Waals surface area contributed by atoms with Crippen LogP contribution in [0.15, 0.2) is 42.5 Å². The van der Waals surface area contributed by atoms with Crippen molar-refractivity contribution in [2.75, 3.05) is 25.1 Å². The van der Waals surface area contributed by atoms with Crippen LogP contribution in [0.25, 0.3) is 0 Å². The third-order valence-corrected chi connectivity index (χ3v) is 5.68. The molecule has 0 aromatic heterocycles. The first-order chi connectivity index (χ1) is 13.6. The molecule has 0 aliphatic carbocycles. The van der Waals surface area contributed by atoms with Gasteiger partial charge in [-0.1, -0.05) is 44.2 Å². The molecule has 28 heavy (non-hydrogen) atoms. The van der Waals surface area contributed by atoms with Crippen LogP contribution in [0.1, 0.15) is 40.9 Å². The van der Waals surface area contributed by atoms with Crippen molar-refractivity contribution in [2.45, 2.75) is 45.4 Å². The lowest BCUT2D eigenvalue weighted by atomic mass is 9.92. The molecule has 0 spiro atoms. The van der Waals surface area contributed by atoms with E-state index in [2.05, 4.69) is 54.4 Å². The van der Waals surface area contributed by atoms with E-state index in [0.717, 1.165) is 37.9 Å². The maximum Gasteiger partial charge on any atom is 0.248 e. The number of ether oxygens (including phenoxy) is 1. The number of primary amides is 1. The quantitative estimate of drug-likeness (QED) is 0.774. The predicted molar refractivity (Wildman–Crippen MR) is 114 cm³/mol. The topological polar surface area (TPSA) is 67.6 Å². The largest absolute Gasteiger partial charge is 0.366 e. The van der Waals surface area contributed by atoms with Crippen LogP contribution in [0.4, 0.5) is 5.69 Å². The van der Waals surface area contributed by atoms with E-state index in [-0.39, 0.29) is 18.2 Å². The Bertz CT molecular complexity index is 807. The van der Waals surface area contributed by atoms with Gasteiger partial charge in [-0.15, -0.1) is 0 Å². The number of carbonyl (C=O) groups is 1. The Kier molecular flexibility index (Phi) is 6.70. The Labute approximate surface area is 167 Å². The van der Waals surface area contributed by atoms with E-state index in [0.29, 0.717) is 5.56 Å². The number of hydrogen-bond donors (Lipinski definition) is 2. The molecule has 1 saturated heterocycles. The molecular weight excluding hydrogens is 350 g/mol. The normalized spacial score (nSPS) is 19.6. The summed E-state index contributed by atoms with van der Waals surface area (Å²) in [7, 11) is 1.76. The molecule has 5 heteroatoms. The number of piperazine rings is 1. The summed E-state index contributed by atoms with van der Waals surface area (Å²) in [5, 5.41) is 3.50. The minimum absolute atomic E-state index is 0.0560. The summed E-state index contributed by atoms with van der Waals surface area (Å²) >= 11 is 0. The highest BCUT2D eigenvalue weighted by Crippen LogP contribution is 2.32. The van der Waals surface area contributed by atoms with Crippen LogP contribution in [0, 0.1) is 0 Å². The number of benzene rings is 2. The molecule has 0 bridgehead atoms. The van der Waals surface area contributed by atoms with Crippen molar-refractivity contribution in [2.24, 2.45) is 5.73 Å². The highest BCUT2D eigenvalue weighted by molar-refractivity contribution is 5.95. The van der Waals surface area contributed by atoms with Gasteiger partial charge in [-0.25, -0.2) is 0 Å². The lowest BCUT2D eigenvalue weighted by Crippen LogP contribution is -2.60. The molecule has 1 heterocycles. The number of rotatable bonds is 7. The average Bonchev–Trinajstić information content (AvgIpc) is 2.73. The van der Waals surface area contributed by atoms with E-state index in [1.807, 2.05) is 12.1 Å². The minimum atomic E-state index is -0.353. The highest BCUT2D eigenvalue weighted by atomic mass is 16.5. The van der Waals surface area contributed by atoms with E-state index in [1.54, 1.807) is 7.11 Å². The van der Waals surface area contributed by atoms with Crippen LogP contribution in [-0.2, 0) is 24.0 Å². The predicted octanol–water partition coefficient (Wildman–Crippen LogP) is 2.90. The summed E-state index contributed by atoms with van der Waals surface area (Å²) < 4.78 is 5.79. The summed E-state index contributed by atoms with van der Waals surface area (Å²) in [6, 6.07) is 14.6. The number of anilines is 1. The van der Waals surface area contributed by atoms with Gasteiger partial charge in [0.15, 0.2) is 0 Å². The molecule has 3 rings (SSSR count). The van der Waals surface area contributed by atoms with Crippen molar-refractivity contribution in [1.29, 1.82) is 0 Å². The van der Waals surface area contributed by atoms with Gasteiger partial charge in [-0.3, -0.25) is 10.1 Å². The van der Waals surface area contributed by atoms with Gasteiger partial charge >= 0.3 is 0 Å². The summed E-state index contributed by atoms with van der Waals surface area (Å²) in [6.07, 6.45) is 2.48. The first-order valence-corrected chi connectivity index (χ1v) is 10.1. The fourth-order valence-electron chi connectivity index (χ4n) is 4.38. The second kappa shape index (κ2) is 9.22. The fourth-order valence-corrected chi connectivity index (χ4v) is 4.38. The first kappa shape index (κ1) is 20.4. The van der Waals surface area contributed by atoms with Crippen LogP contribution in [-0.4, -0.2) is 38.4 Å². The first-order valence-electron chi connectivity index (χ1n) is 10.1. The standard InChI is InChI=1S/C23H31N3O2/c1-4-17-18(5-2)20(12-11-19(17)22(24)27)26-14-13-25-23(28-3)21(26)15-16-9-7-6-8-10-16/h6-12,21,23,25H,4-5,13-15H2,1-3H3,(H2,24,27). The van der Waals surface area contributed by atoms with Gasteiger partial charge in [0.25, 0.3) is 0 Å². The molecule has 0 radical (unpaired) electrons. The molecule has 1 aliphatic rings. The summed E-state index contributed by atoms with van der Waals surface area (Å²) in [4.78, 5) is 14.4. The SMILES string of the molecule is CCc1c(C(N)=O)ccc(N2CCNC(OC)C2Cc2ccccc2)c1CC. The van der Waals surface area contributed by atoms with Crippen LogP contribution in [0.3, 0.4) is 0 Å². The Morgan fingerprint density at radius 2 is 1.86 bits per heavy atom. The molecule has 3 N–H and O–H groups in total. The average molecular weight is 382 g/mol. The van der Waals surface area contributed by atoms with Crippen molar-refractivity contribution < 1.29 is 9.53 Å². The van der Waals surface area contributed by atoms with Gasteiger partial charge in [0.05, 0.1) is 6.04 Å². The monoisotopic (exact) mass is 381 g/mol. The Hall–Kier alpha value is -2.37. The van der Waals surface area contributed by atoms with Gasteiger partial charge in [0.2, 0.25) is 5.91 Å². The lowest BCUT2D eigenvalue weighted by molar-refractivity contribution is 0.0393. The Morgan fingerprint density at radius 1 is 1.14 bits per heavy atom. The van der Waals surface area contributed by atoms with Gasteiger partial charge in [-0.05, 0) is 48.1 Å². The number of nitrogens with one attached hydrogen (secondary N) is 1. The van der Waals surface area contributed by atoms with Crippen molar-refractivity contribution >= 4 is 11.6 Å². The molecular formula is C23H31N3O2. The molecule has 2 unspecified atom stereocenters. The number of nitrogens with two attached hydrogens (primary N) is 1. The molecule has 150 valence electrons. The molecule has 2 aromatic rings. The van der Waals surface area contributed by atoms with Crippen molar-refractivity contribution in [3.05, 3.63) is 64.7 Å². The smallest absolute Gasteiger partial charge is 0.248 e. The number of methoxy groups -OCH3 is 1. The number of hydrogen-bond acceptors (Lipinski definition) is 4. The Balaban J connectivity index is 2.04. The highest BCUT2D eigenvalue weighted by Gasteiger charge is 2.33. The molecule has 1 amide bonds. The van der Waals surface area contributed by atoms with Crippen LogP contribution < -0.4 is 16.0 Å². The van der Waals surface area contributed by atoms with Crippen molar-refractivity contribution in [3.63, 3.8) is 0 Å². The maximum atomic E-state index is 11.9. The minimum Gasteiger partial charge on any atom is -0.366 e. The van der Waals surface area contributed by atoms with E-state index in [1.165, 1.54) is 16.8 Å². The van der Waals surface area contributed by atoms with Crippen molar-refractivity contribution in [1.82, 2.24) is 5.32 Å². The number of nitrogens with zero attached hydrogens (tertiary/aromatic N) is 1. The molecule has 2 aromatic carbocycles. The zero-order valence-corrected chi connectivity index (χ0v) is 17.1. The molecule has 2 atom stereocenters. The summed E-state index contributed by atoms with van der Waals surface area (Å²) in [6.45, 7) is 5.97. The Morgan fingerprint density at radius 3 is 2.46 bits per heavy atom. The van der Waals surface area contributed by atoms with Crippen molar-refractivity contribution in [3.8, 4) is 0 Å². The van der Waals surface area contributed by atoms with E-state index in [4.69, 9.17) is 10.5 Å². The van der Waals surface area contributed by atoms with Crippen LogP contribution in [0.5, 0.6) is 0 Å². The number of amides is 1. The van der Waals surface area contributed by atoms with Gasteiger partial charge < -0.3 is 15.4 Å².